The minimum Gasteiger partial charge on any atom is -0.340 e. The number of benzene rings is 2. The second kappa shape index (κ2) is 7.57. The van der Waals surface area contributed by atoms with Crippen LogP contribution in [-0.4, -0.2) is 22.4 Å². The number of anilines is 3. The number of nitrogens with zero attached hydrogens (tertiary/aromatic N) is 3. The number of hydrogen-bond donors (Lipinski definition) is 1. The van der Waals surface area contributed by atoms with Crippen LogP contribution in [0.3, 0.4) is 0 Å². The molecule has 0 saturated heterocycles. The van der Waals surface area contributed by atoms with Crippen LogP contribution < -0.4 is 10.2 Å². The lowest BCUT2D eigenvalue weighted by Crippen LogP contribution is -2.31. The average Bonchev–Trinajstić information content (AvgIpc) is 2.63. The van der Waals surface area contributed by atoms with Crippen molar-refractivity contribution in [3.8, 4) is 0 Å². The molecule has 3 aromatic rings. The zero-order valence-corrected chi connectivity index (χ0v) is 14.3. The fraction of sp³-hybridized carbons (Fsp3) is 0.150. The molecule has 126 valence electrons. The van der Waals surface area contributed by atoms with Gasteiger partial charge in [-0.3, -0.25) is 4.79 Å². The van der Waals surface area contributed by atoms with Crippen molar-refractivity contribution in [3.05, 3.63) is 78.2 Å². The SMILES string of the molecule is CCN(C(=O)c1cc(Nc2ccccc2)nc(C)n1)c1ccccc1. The van der Waals surface area contributed by atoms with Crippen LogP contribution in [0.5, 0.6) is 0 Å². The van der Waals surface area contributed by atoms with Crippen molar-refractivity contribution in [3.63, 3.8) is 0 Å². The first-order valence-corrected chi connectivity index (χ1v) is 8.22. The van der Waals surface area contributed by atoms with Crippen molar-refractivity contribution in [1.29, 1.82) is 0 Å². The molecule has 1 amide bonds. The third-order valence-electron chi connectivity index (χ3n) is 3.73. The highest BCUT2D eigenvalue weighted by atomic mass is 16.2. The third kappa shape index (κ3) is 4.01. The van der Waals surface area contributed by atoms with Gasteiger partial charge in [0.05, 0.1) is 0 Å². The predicted molar refractivity (Wildman–Crippen MR) is 100 cm³/mol. The minimum absolute atomic E-state index is 0.143. The third-order valence-corrected chi connectivity index (χ3v) is 3.73. The van der Waals surface area contributed by atoms with Gasteiger partial charge < -0.3 is 10.2 Å². The molecule has 1 heterocycles. The zero-order valence-electron chi connectivity index (χ0n) is 14.3. The Balaban J connectivity index is 1.90. The van der Waals surface area contributed by atoms with Crippen molar-refractivity contribution < 1.29 is 4.79 Å². The Morgan fingerprint density at radius 2 is 1.64 bits per heavy atom. The molecule has 0 aliphatic carbocycles. The fourth-order valence-corrected chi connectivity index (χ4v) is 2.60. The molecular weight excluding hydrogens is 312 g/mol. The summed E-state index contributed by atoms with van der Waals surface area (Å²) in [5, 5.41) is 3.21. The molecule has 3 rings (SSSR count). The zero-order chi connectivity index (χ0) is 17.6. The molecule has 0 radical (unpaired) electrons. The summed E-state index contributed by atoms with van der Waals surface area (Å²) in [7, 11) is 0. The Morgan fingerprint density at radius 1 is 1.00 bits per heavy atom. The molecule has 2 aromatic carbocycles. The van der Waals surface area contributed by atoms with Gasteiger partial charge in [-0.15, -0.1) is 0 Å². The summed E-state index contributed by atoms with van der Waals surface area (Å²) in [4.78, 5) is 23.3. The van der Waals surface area contributed by atoms with E-state index in [1.54, 1.807) is 17.9 Å². The fourth-order valence-electron chi connectivity index (χ4n) is 2.60. The first-order chi connectivity index (χ1) is 12.2. The Bertz CT molecular complexity index is 850. The van der Waals surface area contributed by atoms with Gasteiger partial charge in [-0.2, -0.15) is 0 Å². The molecule has 25 heavy (non-hydrogen) atoms. The number of aryl methyl sites for hydroxylation is 1. The second-order valence-electron chi connectivity index (χ2n) is 5.56. The van der Waals surface area contributed by atoms with E-state index < -0.39 is 0 Å². The van der Waals surface area contributed by atoms with E-state index >= 15 is 0 Å². The maximum absolute atomic E-state index is 12.9. The number of rotatable bonds is 5. The molecular formula is C20H20N4O. The van der Waals surface area contributed by atoms with Gasteiger partial charge in [-0.1, -0.05) is 36.4 Å². The van der Waals surface area contributed by atoms with Gasteiger partial charge in [0, 0.05) is 24.0 Å². The van der Waals surface area contributed by atoms with E-state index in [4.69, 9.17) is 0 Å². The molecule has 0 fully saturated rings. The van der Waals surface area contributed by atoms with E-state index in [2.05, 4.69) is 15.3 Å². The summed E-state index contributed by atoms with van der Waals surface area (Å²) in [5.74, 6) is 1.01. The number of aromatic nitrogens is 2. The molecule has 0 spiro atoms. The maximum Gasteiger partial charge on any atom is 0.277 e. The van der Waals surface area contributed by atoms with Gasteiger partial charge in [0.2, 0.25) is 0 Å². The van der Waals surface area contributed by atoms with Crippen molar-refractivity contribution in [2.75, 3.05) is 16.8 Å². The maximum atomic E-state index is 12.9. The van der Waals surface area contributed by atoms with E-state index in [0.29, 0.717) is 23.9 Å². The number of para-hydroxylation sites is 2. The Hall–Kier alpha value is -3.21. The second-order valence-corrected chi connectivity index (χ2v) is 5.56. The van der Waals surface area contributed by atoms with E-state index in [9.17, 15) is 4.79 Å². The first kappa shape index (κ1) is 16.6. The number of amides is 1. The van der Waals surface area contributed by atoms with Crippen molar-refractivity contribution in [2.24, 2.45) is 0 Å². The topological polar surface area (TPSA) is 58.1 Å². The summed E-state index contributed by atoms with van der Waals surface area (Å²) in [6, 6.07) is 21.0. The lowest BCUT2D eigenvalue weighted by molar-refractivity contribution is 0.0983. The molecule has 0 aliphatic heterocycles. The van der Waals surface area contributed by atoms with Gasteiger partial charge in [0.25, 0.3) is 5.91 Å². The van der Waals surface area contributed by atoms with Gasteiger partial charge in [0.15, 0.2) is 0 Å². The molecule has 5 heteroatoms. The molecule has 0 unspecified atom stereocenters. The predicted octanol–water partition coefficient (Wildman–Crippen LogP) is 4.20. The van der Waals surface area contributed by atoms with Crippen LogP contribution in [0.1, 0.15) is 23.2 Å². The van der Waals surface area contributed by atoms with Gasteiger partial charge in [-0.25, -0.2) is 9.97 Å². The highest BCUT2D eigenvalue weighted by molar-refractivity contribution is 6.05. The molecule has 1 aromatic heterocycles. The summed E-state index contributed by atoms with van der Waals surface area (Å²) in [6.45, 7) is 4.29. The van der Waals surface area contributed by atoms with Gasteiger partial charge in [-0.05, 0) is 38.1 Å². The summed E-state index contributed by atoms with van der Waals surface area (Å²) in [5.41, 5.74) is 2.13. The Kier molecular flexibility index (Phi) is 5.04. The molecule has 0 saturated carbocycles. The quantitative estimate of drug-likeness (QED) is 0.761. The standard InChI is InChI=1S/C20H20N4O/c1-3-24(17-12-8-5-9-13-17)20(25)18-14-19(22-15(2)21-18)23-16-10-6-4-7-11-16/h4-14H,3H2,1-2H3,(H,21,22,23). The van der Waals surface area contributed by atoms with Crippen molar-refractivity contribution >= 4 is 23.1 Å². The van der Waals surface area contributed by atoms with Crippen molar-refractivity contribution in [2.45, 2.75) is 13.8 Å². The van der Waals surface area contributed by atoms with E-state index in [1.165, 1.54) is 0 Å². The number of carbonyl (C=O) groups is 1. The smallest absolute Gasteiger partial charge is 0.277 e. The highest BCUT2D eigenvalue weighted by Gasteiger charge is 2.18. The number of carbonyl (C=O) groups excluding carboxylic acids is 1. The Morgan fingerprint density at radius 3 is 2.28 bits per heavy atom. The van der Waals surface area contributed by atoms with Crippen LogP contribution in [0.2, 0.25) is 0 Å². The van der Waals surface area contributed by atoms with E-state index in [0.717, 1.165) is 11.4 Å². The number of hydrogen-bond acceptors (Lipinski definition) is 4. The summed E-state index contributed by atoms with van der Waals surface area (Å²) >= 11 is 0. The summed E-state index contributed by atoms with van der Waals surface area (Å²) in [6.07, 6.45) is 0. The molecule has 5 nitrogen and oxygen atoms in total. The van der Waals surface area contributed by atoms with E-state index in [1.807, 2.05) is 67.6 Å². The normalized spacial score (nSPS) is 10.3. The molecule has 0 atom stereocenters. The highest BCUT2D eigenvalue weighted by Crippen LogP contribution is 2.19. The number of nitrogens with one attached hydrogen (secondary N) is 1. The van der Waals surface area contributed by atoms with Crippen LogP contribution in [-0.2, 0) is 0 Å². The average molecular weight is 332 g/mol. The van der Waals surface area contributed by atoms with Crippen molar-refractivity contribution in [1.82, 2.24) is 9.97 Å². The molecule has 0 bridgehead atoms. The molecule has 1 N–H and O–H groups in total. The van der Waals surface area contributed by atoms with Crippen LogP contribution in [0, 0.1) is 6.92 Å². The minimum atomic E-state index is -0.143. The van der Waals surface area contributed by atoms with Crippen LogP contribution in [0.15, 0.2) is 66.7 Å². The lowest BCUT2D eigenvalue weighted by atomic mass is 10.2. The van der Waals surface area contributed by atoms with Crippen LogP contribution >= 0.6 is 0 Å². The Labute approximate surface area is 147 Å². The van der Waals surface area contributed by atoms with Crippen LogP contribution in [0.4, 0.5) is 17.2 Å². The largest absolute Gasteiger partial charge is 0.340 e. The lowest BCUT2D eigenvalue weighted by Gasteiger charge is -2.21. The monoisotopic (exact) mass is 332 g/mol. The van der Waals surface area contributed by atoms with Gasteiger partial charge >= 0.3 is 0 Å². The van der Waals surface area contributed by atoms with E-state index in [-0.39, 0.29) is 5.91 Å². The van der Waals surface area contributed by atoms with Gasteiger partial charge in [0.1, 0.15) is 17.3 Å². The molecule has 0 aliphatic rings. The first-order valence-electron chi connectivity index (χ1n) is 8.22. The summed E-state index contributed by atoms with van der Waals surface area (Å²) < 4.78 is 0. The van der Waals surface area contributed by atoms with Crippen LogP contribution in [0.25, 0.3) is 0 Å².